The molecule has 0 saturated heterocycles. The van der Waals surface area contributed by atoms with E-state index in [1.165, 1.54) is 19.2 Å². The molecule has 0 fully saturated rings. The number of amides is 1. The maximum atomic E-state index is 11.8. The van der Waals surface area contributed by atoms with Gasteiger partial charge in [0.1, 0.15) is 11.3 Å². The Kier molecular flexibility index (Phi) is 4.07. The van der Waals surface area contributed by atoms with Gasteiger partial charge in [-0.25, -0.2) is 10.2 Å². The molecule has 2 rings (SSSR count). The predicted molar refractivity (Wildman–Crippen MR) is 77.1 cm³/mol. The average molecular weight is 304 g/mol. The minimum absolute atomic E-state index is 0.00163. The van der Waals surface area contributed by atoms with Crippen molar-refractivity contribution >= 4 is 12.1 Å². The van der Waals surface area contributed by atoms with Gasteiger partial charge in [-0.2, -0.15) is 5.10 Å². The summed E-state index contributed by atoms with van der Waals surface area (Å²) in [4.78, 5) is 36.5. The van der Waals surface area contributed by atoms with Crippen LogP contribution in [-0.2, 0) is 7.05 Å². The van der Waals surface area contributed by atoms with E-state index in [0.29, 0.717) is 0 Å². The van der Waals surface area contributed by atoms with Gasteiger partial charge in [-0.1, -0.05) is 12.1 Å². The van der Waals surface area contributed by atoms with Gasteiger partial charge in [-0.3, -0.25) is 19.1 Å². The Morgan fingerprint density at radius 1 is 1.32 bits per heavy atom. The lowest BCUT2D eigenvalue weighted by Crippen LogP contribution is -2.30. The van der Waals surface area contributed by atoms with E-state index in [-0.39, 0.29) is 16.9 Å². The Balaban J connectivity index is 2.23. The fourth-order valence-electron chi connectivity index (χ4n) is 1.62. The van der Waals surface area contributed by atoms with Gasteiger partial charge < -0.3 is 10.2 Å². The highest BCUT2D eigenvalue weighted by Crippen LogP contribution is 2.14. The zero-order chi connectivity index (χ0) is 16.3. The van der Waals surface area contributed by atoms with Gasteiger partial charge in [0, 0.05) is 7.05 Å². The monoisotopic (exact) mass is 304 g/mol. The molecule has 0 saturated carbocycles. The Hall–Kier alpha value is -3.36. The largest absolute Gasteiger partial charge is 0.507 e. The molecule has 4 N–H and O–H groups in total. The van der Waals surface area contributed by atoms with E-state index in [0.717, 1.165) is 10.8 Å². The molecule has 0 aliphatic carbocycles. The number of phenolic OH excluding ortho intramolecular Hbond substituents is 1. The Morgan fingerprint density at radius 2 is 2.00 bits per heavy atom. The summed E-state index contributed by atoms with van der Waals surface area (Å²) in [5.41, 5.74) is 0.177. The molecule has 0 radical (unpaired) electrons. The Labute approximate surface area is 123 Å². The van der Waals surface area contributed by atoms with Crippen molar-refractivity contribution in [3.05, 3.63) is 56.2 Å². The fraction of sp³-hybridized carbons (Fsp3) is 0.0769. The molecule has 0 aliphatic rings. The first kappa shape index (κ1) is 15.0. The standard InChI is InChI=1S/C13H12N4O5/c1-17-12(21)8(10(19)15-13(17)22)6-14-16-11(20)7-4-2-3-5-9(7)18/h2-6,18,21H,1H3,(H,16,20)(H,15,19,22). The van der Waals surface area contributed by atoms with Gasteiger partial charge in [0.25, 0.3) is 11.5 Å². The van der Waals surface area contributed by atoms with Crippen LogP contribution in [0.2, 0.25) is 0 Å². The van der Waals surface area contributed by atoms with Crippen LogP contribution in [0.25, 0.3) is 0 Å². The fourth-order valence-corrected chi connectivity index (χ4v) is 1.62. The van der Waals surface area contributed by atoms with Crippen LogP contribution in [0.3, 0.4) is 0 Å². The number of aromatic amines is 1. The third-order valence-corrected chi connectivity index (χ3v) is 2.84. The number of nitrogens with one attached hydrogen (secondary N) is 2. The molecule has 0 spiro atoms. The minimum Gasteiger partial charge on any atom is -0.507 e. The molecule has 1 aromatic heterocycles. The average Bonchev–Trinajstić information content (AvgIpc) is 2.48. The van der Waals surface area contributed by atoms with Crippen molar-refractivity contribution in [3.8, 4) is 11.6 Å². The molecule has 1 aromatic carbocycles. The minimum atomic E-state index is -0.846. The van der Waals surface area contributed by atoms with Crippen molar-refractivity contribution in [2.75, 3.05) is 0 Å². The third kappa shape index (κ3) is 2.87. The Morgan fingerprint density at radius 3 is 2.68 bits per heavy atom. The number of benzene rings is 1. The summed E-state index contributed by atoms with van der Waals surface area (Å²) in [5.74, 6) is -1.51. The quantitative estimate of drug-likeness (QED) is 0.437. The number of hydrogen-bond donors (Lipinski definition) is 4. The molecule has 22 heavy (non-hydrogen) atoms. The van der Waals surface area contributed by atoms with Crippen LogP contribution in [0.1, 0.15) is 15.9 Å². The van der Waals surface area contributed by atoms with Gasteiger partial charge in [0.05, 0.1) is 11.8 Å². The van der Waals surface area contributed by atoms with Crippen LogP contribution in [-0.4, -0.2) is 31.9 Å². The van der Waals surface area contributed by atoms with Crippen molar-refractivity contribution in [1.82, 2.24) is 15.0 Å². The lowest BCUT2D eigenvalue weighted by atomic mass is 10.2. The first-order valence-corrected chi connectivity index (χ1v) is 6.05. The third-order valence-electron chi connectivity index (χ3n) is 2.84. The highest BCUT2D eigenvalue weighted by Gasteiger charge is 2.11. The zero-order valence-electron chi connectivity index (χ0n) is 11.4. The number of para-hydroxylation sites is 1. The van der Waals surface area contributed by atoms with Crippen LogP contribution < -0.4 is 16.7 Å². The number of hydrogen-bond acceptors (Lipinski definition) is 6. The highest BCUT2D eigenvalue weighted by atomic mass is 16.3. The Bertz CT molecular complexity index is 865. The second kappa shape index (κ2) is 5.95. The topological polar surface area (TPSA) is 137 Å². The van der Waals surface area contributed by atoms with Crippen molar-refractivity contribution < 1.29 is 15.0 Å². The molecule has 2 aromatic rings. The number of carbonyl (C=O) groups is 1. The lowest BCUT2D eigenvalue weighted by Gasteiger charge is -2.04. The van der Waals surface area contributed by atoms with Crippen molar-refractivity contribution in [1.29, 1.82) is 0 Å². The summed E-state index contributed by atoms with van der Waals surface area (Å²) >= 11 is 0. The van der Waals surface area contributed by atoms with Gasteiger partial charge in [-0.15, -0.1) is 0 Å². The van der Waals surface area contributed by atoms with Gasteiger partial charge in [0.15, 0.2) is 0 Å². The number of aromatic hydroxyl groups is 2. The van der Waals surface area contributed by atoms with Gasteiger partial charge >= 0.3 is 5.69 Å². The number of hydrazone groups is 1. The molecular weight excluding hydrogens is 292 g/mol. The molecule has 0 unspecified atom stereocenters. The first-order valence-electron chi connectivity index (χ1n) is 6.05. The van der Waals surface area contributed by atoms with E-state index in [9.17, 15) is 24.6 Å². The van der Waals surface area contributed by atoms with Crippen LogP contribution in [0.4, 0.5) is 0 Å². The van der Waals surface area contributed by atoms with E-state index in [1.54, 1.807) is 12.1 Å². The molecule has 1 heterocycles. The van der Waals surface area contributed by atoms with E-state index in [4.69, 9.17) is 0 Å². The van der Waals surface area contributed by atoms with E-state index < -0.39 is 23.0 Å². The normalized spacial score (nSPS) is 10.8. The maximum absolute atomic E-state index is 11.8. The molecule has 114 valence electrons. The van der Waals surface area contributed by atoms with Crippen LogP contribution in [0.5, 0.6) is 11.6 Å². The summed E-state index contributed by atoms with van der Waals surface area (Å²) in [6, 6.07) is 5.83. The van der Waals surface area contributed by atoms with Crippen LogP contribution in [0, 0.1) is 0 Å². The van der Waals surface area contributed by atoms with Crippen molar-refractivity contribution in [3.63, 3.8) is 0 Å². The summed E-state index contributed by atoms with van der Waals surface area (Å²) in [5, 5.41) is 22.7. The molecular formula is C13H12N4O5. The van der Waals surface area contributed by atoms with E-state index in [2.05, 4.69) is 10.5 Å². The molecule has 0 aliphatic heterocycles. The highest BCUT2D eigenvalue weighted by molar-refractivity contribution is 5.97. The number of aromatic nitrogens is 2. The summed E-state index contributed by atoms with van der Waals surface area (Å²) < 4.78 is 0.813. The second-order valence-corrected chi connectivity index (χ2v) is 4.27. The SMILES string of the molecule is Cn1c(O)c(C=NNC(=O)c2ccccc2O)c(=O)[nH]c1=O. The van der Waals surface area contributed by atoms with Crippen LogP contribution in [0.15, 0.2) is 39.0 Å². The molecule has 1 amide bonds. The zero-order valence-corrected chi connectivity index (χ0v) is 11.4. The van der Waals surface area contributed by atoms with Gasteiger partial charge in [0.2, 0.25) is 5.88 Å². The van der Waals surface area contributed by atoms with E-state index >= 15 is 0 Å². The number of carbonyl (C=O) groups excluding carboxylic acids is 1. The van der Waals surface area contributed by atoms with Crippen molar-refractivity contribution in [2.24, 2.45) is 12.1 Å². The lowest BCUT2D eigenvalue weighted by molar-refractivity contribution is 0.0952. The predicted octanol–water partition coefficient (Wildman–Crippen LogP) is -0.751. The summed E-state index contributed by atoms with van der Waals surface area (Å²) in [6.07, 6.45) is 0.894. The van der Waals surface area contributed by atoms with E-state index in [1.807, 2.05) is 4.98 Å². The molecule has 0 atom stereocenters. The second-order valence-electron chi connectivity index (χ2n) is 4.27. The van der Waals surface area contributed by atoms with Crippen LogP contribution >= 0.6 is 0 Å². The summed E-state index contributed by atoms with van der Waals surface area (Å²) in [6.45, 7) is 0. The number of rotatable bonds is 3. The summed E-state index contributed by atoms with van der Waals surface area (Å²) in [7, 11) is 1.26. The number of nitrogens with zero attached hydrogens (tertiary/aromatic N) is 2. The number of H-pyrrole nitrogens is 1. The number of phenols is 1. The molecule has 9 heteroatoms. The molecule has 0 bridgehead atoms. The van der Waals surface area contributed by atoms with Gasteiger partial charge in [-0.05, 0) is 12.1 Å². The molecule has 9 nitrogen and oxygen atoms in total. The maximum Gasteiger partial charge on any atom is 0.330 e. The first-order chi connectivity index (χ1) is 10.4. The van der Waals surface area contributed by atoms with Crippen molar-refractivity contribution in [2.45, 2.75) is 0 Å². The smallest absolute Gasteiger partial charge is 0.330 e.